The number of hydrogen-bond acceptors (Lipinski definition) is 5. The molecule has 30 heavy (non-hydrogen) atoms. The zero-order valence-corrected chi connectivity index (χ0v) is 17.1. The lowest BCUT2D eigenvalue weighted by Crippen LogP contribution is -2.42. The summed E-state index contributed by atoms with van der Waals surface area (Å²) in [6, 6.07) is 1.69. The van der Waals surface area contributed by atoms with Crippen molar-refractivity contribution in [2.24, 2.45) is 0 Å². The van der Waals surface area contributed by atoms with Gasteiger partial charge in [-0.2, -0.15) is 0 Å². The minimum absolute atomic E-state index is 0.0423. The van der Waals surface area contributed by atoms with E-state index in [-0.39, 0.29) is 49.0 Å². The van der Waals surface area contributed by atoms with Crippen LogP contribution >= 0.6 is 0 Å². The monoisotopic (exact) mass is 425 g/mol. The van der Waals surface area contributed by atoms with Gasteiger partial charge in [0.15, 0.2) is 11.6 Å². The SMILES string of the molecule is CC(=O)NCC1CN(c2cc(F)c(N3CCC(NC(=O)N(C)C)C3)c(F)c2)C(=O)O1. The normalized spacial score (nSPS) is 20.9. The summed E-state index contributed by atoms with van der Waals surface area (Å²) in [5.41, 5.74) is -0.150. The first-order chi connectivity index (χ1) is 14.2. The van der Waals surface area contributed by atoms with E-state index in [0.29, 0.717) is 13.0 Å². The van der Waals surface area contributed by atoms with Gasteiger partial charge in [-0.05, 0) is 6.42 Å². The van der Waals surface area contributed by atoms with Crippen LogP contribution in [0.3, 0.4) is 0 Å². The molecule has 0 radical (unpaired) electrons. The highest BCUT2D eigenvalue weighted by molar-refractivity contribution is 5.90. The van der Waals surface area contributed by atoms with Crippen LogP contribution < -0.4 is 20.4 Å². The average molecular weight is 425 g/mol. The molecule has 9 nitrogen and oxygen atoms in total. The Kier molecular flexibility index (Phi) is 6.28. The molecule has 2 heterocycles. The number of halogens is 2. The number of rotatable bonds is 5. The van der Waals surface area contributed by atoms with Gasteiger partial charge in [0.25, 0.3) is 0 Å². The van der Waals surface area contributed by atoms with E-state index in [1.807, 2.05) is 0 Å². The number of carbonyl (C=O) groups excluding carboxylic acids is 3. The molecule has 2 N–H and O–H groups in total. The van der Waals surface area contributed by atoms with Crippen molar-refractivity contribution in [2.75, 3.05) is 50.1 Å². The molecule has 2 aliphatic rings. The number of cyclic esters (lactones) is 1. The predicted octanol–water partition coefficient (Wildman–Crippen LogP) is 1.28. The molecule has 4 amide bonds. The maximum atomic E-state index is 14.8. The van der Waals surface area contributed by atoms with Crippen molar-refractivity contribution in [1.82, 2.24) is 15.5 Å². The highest BCUT2D eigenvalue weighted by Gasteiger charge is 2.34. The molecular weight excluding hydrogens is 400 g/mol. The summed E-state index contributed by atoms with van der Waals surface area (Å²) in [6.45, 7) is 2.19. The molecule has 1 aromatic rings. The van der Waals surface area contributed by atoms with E-state index in [0.717, 1.165) is 17.0 Å². The number of urea groups is 1. The molecule has 2 unspecified atom stereocenters. The Labute approximate surface area is 172 Å². The molecule has 164 valence electrons. The molecule has 2 atom stereocenters. The molecule has 1 aromatic carbocycles. The maximum Gasteiger partial charge on any atom is 0.414 e. The van der Waals surface area contributed by atoms with Gasteiger partial charge >= 0.3 is 12.1 Å². The lowest BCUT2D eigenvalue weighted by Gasteiger charge is -2.22. The molecule has 0 aliphatic carbocycles. The van der Waals surface area contributed by atoms with Gasteiger partial charge in [0.05, 0.1) is 18.8 Å². The van der Waals surface area contributed by atoms with Gasteiger partial charge in [-0.1, -0.05) is 0 Å². The summed E-state index contributed by atoms with van der Waals surface area (Å²) in [5, 5.41) is 5.35. The molecule has 0 bridgehead atoms. The molecule has 11 heteroatoms. The van der Waals surface area contributed by atoms with Crippen molar-refractivity contribution in [3.63, 3.8) is 0 Å². The summed E-state index contributed by atoms with van der Waals surface area (Å²) < 4.78 is 34.7. The highest BCUT2D eigenvalue weighted by atomic mass is 19.1. The highest BCUT2D eigenvalue weighted by Crippen LogP contribution is 2.32. The minimum atomic E-state index is -0.803. The third-order valence-electron chi connectivity index (χ3n) is 5.00. The molecule has 3 rings (SSSR count). The van der Waals surface area contributed by atoms with Crippen LogP contribution in [0.25, 0.3) is 0 Å². The van der Waals surface area contributed by atoms with E-state index >= 15 is 0 Å². The first kappa shape index (κ1) is 21.6. The van der Waals surface area contributed by atoms with Crippen LogP contribution in [0, 0.1) is 11.6 Å². The topological polar surface area (TPSA) is 94.2 Å². The second-order valence-corrected chi connectivity index (χ2v) is 7.59. The van der Waals surface area contributed by atoms with Gasteiger partial charge in [0, 0.05) is 52.3 Å². The molecule has 2 fully saturated rings. The van der Waals surface area contributed by atoms with Crippen LogP contribution in [0.15, 0.2) is 12.1 Å². The molecule has 0 saturated carbocycles. The Bertz CT molecular complexity index is 827. The van der Waals surface area contributed by atoms with Crippen molar-refractivity contribution in [3.8, 4) is 0 Å². The average Bonchev–Trinajstić information content (AvgIpc) is 3.25. The Morgan fingerprint density at radius 1 is 1.23 bits per heavy atom. The standard InChI is InChI=1S/C19H25F2N5O4/c1-11(27)22-8-14-10-26(19(29)30-14)13-6-15(20)17(16(21)7-13)25-5-4-12(9-25)23-18(28)24(2)3/h6-7,12,14H,4-5,8-10H2,1-3H3,(H,22,27)(H,23,28). The van der Waals surface area contributed by atoms with Crippen LogP contribution in [0.2, 0.25) is 0 Å². The minimum Gasteiger partial charge on any atom is -0.442 e. The van der Waals surface area contributed by atoms with E-state index in [1.165, 1.54) is 16.7 Å². The number of benzene rings is 1. The number of hydrogen-bond donors (Lipinski definition) is 2. The Balaban J connectivity index is 1.70. The summed E-state index contributed by atoms with van der Waals surface area (Å²) in [4.78, 5) is 38.9. The number of anilines is 2. The maximum absolute atomic E-state index is 14.8. The van der Waals surface area contributed by atoms with Crippen molar-refractivity contribution in [2.45, 2.75) is 25.5 Å². The van der Waals surface area contributed by atoms with Crippen molar-refractivity contribution < 1.29 is 27.9 Å². The summed E-state index contributed by atoms with van der Waals surface area (Å²) in [7, 11) is 3.23. The van der Waals surface area contributed by atoms with Crippen LogP contribution in [0.4, 0.5) is 29.7 Å². The smallest absolute Gasteiger partial charge is 0.414 e. The fraction of sp³-hybridized carbons (Fsp3) is 0.526. The van der Waals surface area contributed by atoms with Gasteiger partial charge in [0.2, 0.25) is 5.91 Å². The first-order valence-electron chi connectivity index (χ1n) is 9.60. The van der Waals surface area contributed by atoms with E-state index < -0.39 is 23.8 Å². The molecule has 2 aliphatic heterocycles. The Morgan fingerprint density at radius 3 is 2.50 bits per heavy atom. The van der Waals surface area contributed by atoms with E-state index in [1.54, 1.807) is 14.1 Å². The van der Waals surface area contributed by atoms with Crippen LogP contribution in [-0.2, 0) is 9.53 Å². The second-order valence-electron chi connectivity index (χ2n) is 7.59. The van der Waals surface area contributed by atoms with Crippen LogP contribution in [-0.4, -0.2) is 75.4 Å². The zero-order valence-electron chi connectivity index (χ0n) is 17.1. The van der Waals surface area contributed by atoms with Crippen LogP contribution in [0.5, 0.6) is 0 Å². The molecule has 0 spiro atoms. The number of nitrogens with zero attached hydrogens (tertiary/aromatic N) is 3. The summed E-state index contributed by atoms with van der Waals surface area (Å²) >= 11 is 0. The van der Waals surface area contributed by atoms with Gasteiger partial charge in [0.1, 0.15) is 11.8 Å². The second kappa shape index (κ2) is 8.72. The Hall–Kier alpha value is -3.11. The quantitative estimate of drug-likeness (QED) is 0.741. The van der Waals surface area contributed by atoms with Crippen molar-refractivity contribution in [1.29, 1.82) is 0 Å². The van der Waals surface area contributed by atoms with E-state index in [2.05, 4.69) is 10.6 Å². The number of carbonyl (C=O) groups is 3. The number of amides is 4. The summed E-state index contributed by atoms with van der Waals surface area (Å²) in [6.07, 6.45) is -0.778. The zero-order chi connectivity index (χ0) is 22.0. The summed E-state index contributed by atoms with van der Waals surface area (Å²) in [5.74, 6) is -1.87. The lowest BCUT2D eigenvalue weighted by atomic mass is 10.2. The molecule has 0 aromatic heterocycles. The third-order valence-corrected chi connectivity index (χ3v) is 5.00. The van der Waals surface area contributed by atoms with Gasteiger partial charge in [-0.15, -0.1) is 0 Å². The first-order valence-corrected chi connectivity index (χ1v) is 9.60. The van der Waals surface area contributed by atoms with Crippen molar-refractivity contribution >= 4 is 29.4 Å². The Morgan fingerprint density at radius 2 is 1.90 bits per heavy atom. The fourth-order valence-corrected chi connectivity index (χ4v) is 3.49. The third kappa shape index (κ3) is 4.71. The van der Waals surface area contributed by atoms with Crippen LogP contribution in [0.1, 0.15) is 13.3 Å². The number of ether oxygens (including phenoxy) is 1. The lowest BCUT2D eigenvalue weighted by molar-refractivity contribution is -0.119. The predicted molar refractivity (Wildman–Crippen MR) is 105 cm³/mol. The largest absolute Gasteiger partial charge is 0.442 e. The van der Waals surface area contributed by atoms with E-state index in [4.69, 9.17) is 4.74 Å². The van der Waals surface area contributed by atoms with Gasteiger partial charge in [-0.3, -0.25) is 9.69 Å². The number of nitrogens with one attached hydrogen (secondary N) is 2. The van der Waals surface area contributed by atoms with Gasteiger partial charge < -0.3 is 25.2 Å². The van der Waals surface area contributed by atoms with Crippen molar-refractivity contribution in [3.05, 3.63) is 23.8 Å². The van der Waals surface area contributed by atoms with Gasteiger partial charge in [-0.25, -0.2) is 18.4 Å². The fourth-order valence-electron chi connectivity index (χ4n) is 3.49. The molecular formula is C19H25F2N5O4. The van der Waals surface area contributed by atoms with E-state index in [9.17, 15) is 23.2 Å². The molecule has 2 saturated heterocycles.